The maximum absolute atomic E-state index is 13.5. The van der Waals surface area contributed by atoms with E-state index in [1.54, 1.807) is 31.2 Å². The molecule has 7 heteroatoms. The molecule has 27 heavy (non-hydrogen) atoms. The average Bonchev–Trinajstić information content (AvgIpc) is 3.01. The molecule has 5 nitrogen and oxygen atoms in total. The summed E-state index contributed by atoms with van der Waals surface area (Å²) >= 11 is 0. The van der Waals surface area contributed by atoms with Gasteiger partial charge in [-0.2, -0.15) is 8.78 Å². The van der Waals surface area contributed by atoms with E-state index in [0.29, 0.717) is 16.8 Å². The summed E-state index contributed by atoms with van der Waals surface area (Å²) in [6.07, 6.45) is 0. The van der Waals surface area contributed by atoms with Crippen molar-refractivity contribution in [1.82, 2.24) is 14.9 Å². The van der Waals surface area contributed by atoms with Crippen LogP contribution in [0, 0.1) is 13.8 Å². The lowest BCUT2D eigenvalue weighted by Gasteiger charge is -2.17. The summed E-state index contributed by atoms with van der Waals surface area (Å²) in [5.41, 5.74) is 2.64. The number of carbonyl (C=O) groups is 1. The first-order valence-corrected chi connectivity index (χ1v) is 8.62. The van der Waals surface area contributed by atoms with E-state index < -0.39 is 18.5 Å². The fraction of sp³-hybridized carbons (Fsp3) is 0.300. The number of hydrogen-bond acceptors (Lipinski definition) is 3. The summed E-state index contributed by atoms with van der Waals surface area (Å²) in [5, 5.41) is 2.68. The summed E-state index contributed by atoms with van der Waals surface area (Å²) < 4.78 is 33.5. The molecule has 0 radical (unpaired) electrons. The van der Waals surface area contributed by atoms with Crippen molar-refractivity contribution >= 4 is 16.9 Å². The first kappa shape index (κ1) is 18.8. The minimum Gasteiger partial charge on any atom is -0.483 e. The Morgan fingerprint density at radius 3 is 2.48 bits per heavy atom. The lowest BCUT2D eigenvalue weighted by Crippen LogP contribution is -2.33. The Bertz CT molecular complexity index is 949. The van der Waals surface area contributed by atoms with E-state index in [0.717, 1.165) is 15.7 Å². The van der Waals surface area contributed by atoms with Gasteiger partial charge in [0.2, 0.25) is 0 Å². The van der Waals surface area contributed by atoms with E-state index in [2.05, 4.69) is 10.3 Å². The van der Waals surface area contributed by atoms with Gasteiger partial charge in [0.25, 0.3) is 5.91 Å². The first-order chi connectivity index (χ1) is 12.9. The third kappa shape index (κ3) is 3.92. The van der Waals surface area contributed by atoms with Crippen LogP contribution in [0.3, 0.4) is 0 Å². The van der Waals surface area contributed by atoms with Crippen molar-refractivity contribution in [3.05, 3.63) is 59.4 Å². The number of fused-ring (bicyclic) bond motifs is 1. The molecule has 1 heterocycles. The van der Waals surface area contributed by atoms with Crippen LogP contribution >= 0.6 is 0 Å². The van der Waals surface area contributed by atoms with Gasteiger partial charge in [-0.1, -0.05) is 30.3 Å². The van der Waals surface area contributed by atoms with Crippen LogP contribution in [0.2, 0.25) is 0 Å². The first-order valence-electron chi connectivity index (χ1n) is 8.62. The largest absolute Gasteiger partial charge is 0.483 e. The number of ether oxygens (including phenoxy) is 1. The van der Waals surface area contributed by atoms with Crippen molar-refractivity contribution in [2.75, 3.05) is 6.61 Å². The molecule has 3 rings (SSSR count). The zero-order valence-electron chi connectivity index (χ0n) is 15.4. The van der Waals surface area contributed by atoms with Gasteiger partial charge in [0.15, 0.2) is 6.61 Å². The molecule has 1 amide bonds. The van der Waals surface area contributed by atoms with Gasteiger partial charge in [-0.25, -0.2) is 4.98 Å². The Morgan fingerprint density at radius 1 is 1.15 bits per heavy atom. The van der Waals surface area contributed by atoms with Crippen molar-refractivity contribution < 1.29 is 18.3 Å². The molecule has 0 spiro atoms. The van der Waals surface area contributed by atoms with Gasteiger partial charge >= 0.3 is 6.55 Å². The molecule has 3 aromatic rings. The number of para-hydroxylation sites is 3. The molecule has 142 valence electrons. The van der Waals surface area contributed by atoms with Crippen LogP contribution < -0.4 is 10.1 Å². The highest BCUT2D eigenvalue weighted by Crippen LogP contribution is 2.26. The monoisotopic (exact) mass is 373 g/mol. The SMILES string of the molecule is Cc1cccc(C)c1OCC(=O)NC(C)c1nc2ccccc2n1C(F)F. The topological polar surface area (TPSA) is 56.1 Å². The van der Waals surface area contributed by atoms with Crippen LogP contribution in [0.15, 0.2) is 42.5 Å². The van der Waals surface area contributed by atoms with Crippen LogP contribution in [0.4, 0.5) is 8.78 Å². The summed E-state index contributed by atoms with van der Waals surface area (Å²) in [7, 11) is 0. The van der Waals surface area contributed by atoms with E-state index >= 15 is 0 Å². The van der Waals surface area contributed by atoms with Crippen molar-refractivity contribution in [1.29, 1.82) is 0 Å². The van der Waals surface area contributed by atoms with Crippen LogP contribution in [-0.2, 0) is 4.79 Å². The highest BCUT2D eigenvalue weighted by atomic mass is 19.3. The highest BCUT2D eigenvalue weighted by molar-refractivity contribution is 5.79. The number of alkyl halides is 2. The number of carbonyl (C=O) groups excluding carboxylic acids is 1. The molecule has 0 fully saturated rings. The van der Waals surface area contributed by atoms with Gasteiger partial charge in [0.05, 0.1) is 17.1 Å². The van der Waals surface area contributed by atoms with Gasteiger partial charge < -0.3 is 10.1 Å². The molecule has 1 aromatic heterocycles. The standard InChI is InChI=1S/C20H21F2N3O2/c1-12-7-6-8-13(2)18(12)27-11-17(26)23-14(3)19-24-15-9-4-5-10-16(15)25(19)20(21)22/h4-10,14,20H,11H2,1-3H3,(H,23,26). The lowest BCUT2D eigenvalue weighted by molar-refractivity contribution is -0.123. The van der Waals surface area contributed by atoms with Gasteiger partial charge in [0.1, 0.15) is 11.6 Å². The Morgan fingerprint density at radius 2 is 1.81 bits per heavy atom. The maximum atomic E-state index is 13.5. The summed E-state index contributed by atoms with van der Waals surface area (Å²) in [4.78, 5) is 16.5. The third-order valence-electron chi connectivity index (χ3n) is 4.34. The molecule has 1 atom stereocenters. The quantitative estimate of drug-likeness (QED) is 0.701. The fourth-order valence-corrected chi connectivity index (χ4v) is 3.09. The molecular formula is C20H21F2N3O2. The van der Waals surface area contributed by atoms with Crippen LogP contribution in [0.25, 0.3) is 11.0 Å². The number of aromatic nitrogens is 2. The molecular weight excluding hydrogens is 352 g/mol. The van der Waals surface area contributed by atoms with Gasteiger partial charge in [0, 0.05) is 0 Å². The van der Waals surface area contributed by atoms with Crippen LogP contribution in [-0.4, -0.2) is 22.1 Å². The molecule has 2 aromatic carbocycles. The van der Waals surface area contributed by atoms with Crippen molar-refractivity contribution in [3.8, 4) is 5.75 Å². The van der Waals surface area contributed by atoms with Crippen molar-refractivity contribution in [2.45, 2.75) is 33.4 Å². The van der Waals surface area contributed by atoms with E-state index in [1.807, 2.05) is 32.0 Å². The van der Waals surface area contributed by atoms with Crippen LogP contribution in [0.5, 0.6) is 5.75 Å². The predicted octanol–water partition coefficient (Wildman–Crippen LogP) is 4.30. The molecule has 1 N–H and O–H groups in total. The minimum absolute atomic E-state index is 0.103. The van der Waals surface area contributed by atoms with E-state index in [9.17, 15) is 13.6 Å². The Hall–Kier alpha value is -2.96. The van der Waals surface area contributed by atoms with E-state index in [-0.39, 0.29) is 12.4 Å². The lowest BCUT2D eigenvalue weighted by atomic mass is 10.1. The third-order valence-corrected chi connectivity index (χ3v) is 4.34. The smallest absolute Gasteiger partial charge is 0.320 e. The van der Waals surface area contributed by atoms with Gasteiger partial charge in [-0.3, -0.25) is 9.36 Å². The predicted molar refractivity (Wildman–Crippen MR) is 99.0 cm³/mol. The second-order valence-electron chi connectivity index (χ2n) is 6.41. The molecule has 0 aliphatic carbocycles. The van der Waals surface area contributed by atoms with Gasteiger partial charge in [-0.05, 0) is 44.0 Å². The zero-order valence-corrected chi connectivity index (χ0v) is 15.4. The summed E-state index contributed by atoms with van der Waals surface area (Å²) in [6, 6.07) is 11.7. The second kappa shape index (κ2) is 7.73. The number of benzene rings is 2. The Kier molecular flexibility index (Phi) is 5.39. The average molecular weight is 373 g/mol. The Balaban J connectivity index is 1.73. The number of hydrogen-bond donors (Lipinski definition) is 1. The number of imidazole rings is 1. The minimum atomic E-state index is -2.75. The fourth-order valence-electron chi connectivity index (χ4n) is 3.09. The number of rotatable bonds is 6. The number of aryl methyl sites for hydroxylation is 2. The number of nitrogens with zero attached hydrogens (tertiary/aromatic N) is 2. The Labute approximate surface area is 156 Å². The van der Waals surface area contributed by atoms with Crippen LogP contribution in [0.1, 0.15) is 36.5 Å². The van der Waals surface area contributed by atoms with E-state index in [1.165, 1.54) is 0 Å². The number of amides is 1. The molecule has 0 aliphatic rings. The molecule has 1 unspecified atom stereocenters. The molecule has 0 aliphatic heterocycles. The van der Waals surface area contributed by atoms with E-state index in [4.69, 9.17) is 4.74 Å². The normalized spacial score (nSPS) is 12.4. The number of halogens is 2. The van der Waals surface area contributed by atoms with Gasteiger partial charge in [-0.15, -0.1) is 0 Å². The van der Waals surface area contributed by atoms with Crippen molar-refractivity contribution in [2.24, 2.45) is 0 Å². The zero-order chi connectivity index (χ0) is 19.6. The second-order valence-corrected chi connectivity index (χ2v) is 6.41. The highest BCUT2D eigenvalue weighted by Gasteiger charge is 2.23. The summed E-state index contributed by atoms with van der Waals surface area (Å²) in [5.74, 6) is 0.352. The molecule has 0 saturated carbocycles. The molecule has 0 bridgehead atoms. The summed E-state index contributed by atoms with van der Waals surface area (Å²) in [6.45, 7) is 2.46. The van der Waals surface area contributed by atoms with Crippen molar-refractivity contribution in [3.63, 3.8) is 0 Å². The number of nitrogens with one attached hydrogen (secondary N) is 1. The molecule has 0 saturated heterocycles. The maximum Gasteiger partial charge on any atom is 0.320 e.